The lowest BCUT2D eigenvalue weighted by molar-refractivity contribution is 0.135. The number of aliphatic hydroxyl groups excluding tert-OH is 2. The highest BCUT2D eigenvalue weighted by atomic mass is 16.3. The molecule has 2 rings (SSSR count). The van der Waals surface area contributed by atoms with E-state index in [9.17, 15) is 5.11 Å². The van der Waals surface area contributed by atoms with E-state index < -0.39 is 6.10 Å². The van der Waals surface area contributed by atoms with E-state index in [0.717, 1.165) is 16.5 Å². The Labute approximate surface area is 88.0 Å². The minimum Gasteiger partial charge on any atom is -0.396 e. The number of benzene rings is 1. The molecule has 1 aromatic carbocycles. The standard InChI is InChI=1S/C12H13NO2/c14-8-6-12(15)10-3-1-5-11-9(10)4-2-7-13-11/h1-5,7,12,14-15H,6,8H2. The molecule has 0 saturated heterocycles. The second-order valence-corrected chi connectivity index (χ2v) is 3.45. The van der Waals surface area contributed by atoms with Gasteiger partial charge in [0, 0.05) is 24.6 Å². The van der Waals surface area contributed by atoms with Crippen LogP contribution in [0, 0.1) is 0 Å². The van der Waals surface area contributed by atoms with Crippen LogP contribution in [-0.4, -0.2) is 21.8 Å². The summed E-state index contributed by atoms with van der Waals surface area (Å²) in [4.78, 5) is 4.21. The Bertz CT molecular complexity index is 451. The first-order valence-electron chi connectivity index (χ1n) is 4.95. The first kappa shape index (κ1) is 10.1. The first-order chi connectivity index (χ1) is 7.33. The average Bonchev–Trinajstić information content (AvgIpc) is 2.28. The van der Waals surface area contributed by atoms with Crippen molar-refractivity contribution < 1.29 is 10.2 Å². The number of hydrogen-bond acceptors (Lipinski definition) is 3. The summed E-state index contributed by atoms with van der Waals surface area (Å²) in [5.41, 5.74) is 1.70. The molecule has 0 spiro atoms. The van der Waals surface area contributed by atoms with E-state index in [1.54, 1.807) is 6.20 Å². The average molecular weight is 203 g/mol. The Morgan fingerprint density at radius 3 is 2.87 bits per heavy atom. The third kappa shape index (κ3) is 1.98. The summed E-state index contributed by atoms with van der Waals surface area (Å²) < 4.78 is 0. The molecule has 0 amide bonds. The van der Waals surface area contributed by atoms with Gasteiger partial charge < -0.3 is 10.2 Å². The summed E-state index contributed by atoms with van der Waals surface area (Å²) in [6.07, 6.45) is 1.46. The zero-order valence-corrected chi connectivity index (χ0v) is 8.30. The van der Waals surface area contributed by atoms with Gasteiger partial charge in [-0.1, -0.05) is 18.2 Å². The van der Waals surface area contributed by atoms with Crippen molar-refractivity contribution in [2.75, 3.05) is 6.61 Å². The third-order valence-electron chi connectivity index (χ3n) is 2.44. The molecular weight excluding hydrogens is 190 g/mol. The monoisotopic (exact) mass is 203 g/mol. The molecule has 3 nitrogen and oxygen atoms in total. The van der Waals surface area contributed by atoms with Gasteiger partial charge in [0.05, 0.1) is 11.6 Å². The van der Waals surface area contributed by atoms with Crippen LogP contribution in [0.4, 0.5) is 0 Å². The van der Waals surface area contributed by atoms with Gasteiger partial charge in [-0.3, -0.25) is 4.98 Å². The van der Waals surface area contributed by atoms with Gasteiger partial charge in [0.2, 0.25) is 0 Å². The van der Waals surface area contributed by atoms with Gasteiger partial charge in [0.1, 0.15) is 0 Å². The lowest BCUT2D eigenvalue weighted by atomic mass is 10.0. The Hall–Kier alpha value is -1.45. The Morgan fingerprint density at radius 1 is 1.20 bits per heavy atom. The topological polar surface area (TPSA) is 53.4 Å². The van der Waals surface area contributed by atoms with E-state index >= 15 is 0 Å². The van der Waals surface area contributed by atoms with Crippen molar-refractivity contribution in [1.29, 1.82) is 0 Å². The number of aromatic nitrogens is 1. The lowest BCUT2D eigenvalue weighted by Crippen LogP contribution is -2.01. The van der Waals surface area contributed by atoms with Crippen molar-refractivity contribution in [3.05, 3.63) is 42.1 Å². The summed E-state index contributed by atoms with van der Waals surface area (Å²) in [5, 5.41) is 19.6. The fraction of sp³-hybridized carbons (Fsp3) is 0.250. The maximum absolute atomic E-state index is 9.83. The van der Waals surface area contributed by atoms with Gasteiger partial charge >= 0.3 is 0 Å². The van der Waals surface area contributed by atoms with Crippen molar-refractivity contribution in [3.63, 3.8) is 0 Å². The Balaban J connectivity index is 2.50. The lowest BCUT2D eigenvalue weighted by Gasteiger charge is -2.11. The van der Waals surface area contributed by atoms with Crippen LogP contribution in [0.3, 0.4) is 0 Å². The molecule has 0 fully saturated rings. The number of pyridine rings is 1. The molecule has 2 aromatic rings. The molecule has 0 radical (unpaired) electrons. The maximum atomic E-state index is 9.83. The summed E-state index contributed by atoms with van der Waals surface area (Å²) >= 11 is 0. The van der Waals surface area contributed by atoms with E-state index in [-0.39, 0.29) is 6.61 Å². The summed E-state index contributed by atoms with van der Waals surface area (Å²) in [5.74, 6) is 0. The SMILES string of the molecule is OCCC(O)c1cccc2ncccc12. The molecule has 0 aliphatic rings. The van der Waals surface area contributed by atoms with Gasteiger partial charge in [-0.05, 0) is 17.7 Å². The van der Waals surface area contributed by atoms with Gasteiger partial charge in [-0.25, -0.2) is 0 Å². The molecule has 2 N–H and O–H groups in total. The zero-order valence-electron chi connectivity index (χ0n) is 8.30. The fourth-order valence-corrected chi connectivity index (χ4v) is 1.70. The van der Waals surface area contributed by atoms with Crippen molar-refractivity contribution in [2.24, 2.45) is 0 Å². The number of nitrogens with zero attached hydrogens (tertiary/aromatic N) is 1. The van der Waals surface area contributed by atoms with Crippen molar-refractivity contribution in [3.8, 4) is 0 Å². The van der Waals surface area contributed by atoms with E-state index in [1.165, 1.54) is 0 Å². The predicted molar refractivity (Wildman–Crippen MR) is 58.4 cm³/mol. The molecule has 1 aromatic heterocycles. The maximum Gasteiger partial charge on any atom is 0.0818 e. The largest absolute Gasteiger partial charge is 0.396 e. The quantitative estimate of drug-likeness (QED) is 0.797. The Kier molecular flexibility index (Phi) is 2.94. The normalized spacial score (nSPS) is 12.9. The summed E-state index contributed by atoms with van der Waals surface area (Å²) in [7, 11) is 0. The van der Waals surface area contributed by atoms with Crippen LogP contribution in [0.5, 0.6) is 0 Å². The van der Waals surface area contributed by atoms with Crippen LogP contribution in [0.25, 0.3) is 10.9 Å². The zero-order chi connectivity index (χ0) is 10.7. The van der Waals surface area contributed by atoms with Gasteiger partial charge in [-0.2, -0.15) is 0 Å². The third-order valence-corrected chi connectivity index (χ3v) is 2.44. The minimum absolute atomic E-state index is 0.0161. The molecule has 15 heavy (non-hydrogen) atoms. The molecule has 0 aliphatic carbocycles. The van der Waals surface area contributed by atoms with Gasteiger partial charge in [0.15, 0.2) is 0 Å². The molecule has 0 aliphatic heterocycles. The predicted octanol–water partition coefficient (Wildman–Crippen LogP) is 1.65. The number of aliphatic hydroxyl groups is 2. The molecule has 3 heteroatoms. The molecule has 0 saturated carbocycles. The second kappa shape index (κ2) is 4.38. The second-order valence-electron chi connectivity index (χ2n) is 3.45. The van der Waals surface area contributed by atoms with Gasteiger partial charge in [0.25, 0.3) is 0 Å². The first-order valence-corrected chi connectivity index (χ1v) is 4.95. The molecule has 0 bridgehead atoms. The van der Waals surface area contributed by atoms with Crippen LogP contribution in [0.1, 0.15) is 18.1 Å². The highest BCUT2D eigenvalue weighted by Crippen LogP contribution is 2.24. The van der Waals surface area contributed by atoms with E-state index in [0.29, 0.717) is 6.42 Å². The molecule has 1 atom stereocenters. The minimum atomic E-state index is -0.622. The summed E-state index contributed by atoms with van der Waals surface area (Å²) in [6, 6.07) is 9.41. The number of fused-ring (bicyclic) bond motifs is 1. The van der Waals surface area contributed by atoms with Crippen LogP contribution < -0.4 is 0 Å². The van der Waals surface area contributed by atoms with Crippen LogP contribution in [-0.2, 0) is 0 Å². The number of rotatable bonds is 3. The number of hydrogen-bond donors (Lipinski definition) is 2. The fourth-order valence-electron chi connectivity index (χ4n) is 1.70. The summed E-state index contributed by atoms with van der Waals surface area (Å²) in [6.45, 7) is -0.0161. The van der Waals surface area contributed by atoms with E-state index in [2.05, 4.69) is 4.98 Å². The van der Waals surface area contributed by atoms with Crippen LogP contribution in [0.2, 0.25) is 0 Å². The van der Waals surface area contributed by atoms with Crippen LogP contribution in [0.15, 0.2) is 36.5 Å². The molecule has 1 unspecified atom stereocenters. The molecule has 78 valence electrons. The highest BCUT2D eigenvalue weighted by molar-refractivity contribution is 5.82. The van der Waals surface area contributed by atoms with Crippen molar-refractivity contribution >= 4 is 10.9 Å². The Morgan fingerprint density at radius 2 is 2.07 bits per heavy atom. The molecule has 1 heterocycles. The van der Waals surface area contributed by atoms with E-state index in [4.69, 9.17) is 5.11 Å². The van der Waals surface area contributed by atoms with Gasteiger partial charge in [-0.15, -0.1) is 0 Å². The van der Waals surface area contributed by atoms with Crippen LogP contribution >= 0.6 is 0 Å². The van der Waals surface area contributed by atoms with E-state index in [1.807, 2.05) is 30.3 Å². The molecular formula is C12H13NO2. The highest BCUT2D eigenvalue weighted by Gasteiger charge is 2.10. The van der Waals surface area contributed by atoms with Crippen molar-refractivity contribution in [1.82, 2.24) is 4.98 Å². The smallest absolute Gasteiger partial charge is 0.0818 e. The van der Waals surface area contributed by atoms with Crippen molar-refractivity contribution in [2.45, 2.75) is 12.5 Å².